The van der Waals surface area contributed by atoms with E-state index < -0.39 is 0 Å². The van der Waals surface area contributed by atoms with Gasteiger partial charge < -0.3 is 15.8 Å². The maximum atomic E-state index is 11.6. The number of nitrogens with one attached hydrogen (secondary N) is 1. The van der Waals surface area contributed by atoms with Gasteiger partial charge in [-0.05, 0) is 22.4 Å². The second-order valence-electron chi connectivity index (χ2n) is 4.40. The van der Waals surface area contributed by atoms with Gasteiger partial charge in [-0.15, -0.1) is 0 Å². The van der Waals surface area contributed by atoms with Gasteiger partial charge in [-0.2, -0.15) is 0 Å². The van der Waals surface area contributed by atoms with Gasteiger partial charge in [0, 0.05) is 13.7 Å². The monoisotopic (exact) mass is 258 g/mol. The second kappa shape index (κ2) is 6.31. The fourth-order valence-electron chi connectivity index (χ4n) is 2.07. The third-order valence-corrected chi connectivity index (χ3v) is 3.02. The molecule has 1 amide bonds. The molecule has 0 bridgehead atoms. The van der Waals surface area contributed by atoms with Crippen LogP contribution in [0.3, 0.4) is 0 Å². The Hall–Kier alpha value is -1.91. The lowest BCUT2D eigenvalue weighted by atomic mass is 10.0. The van der Waals surface area contributed by atoms with Crippen molar-refractivity contribution in [3.05, 3.63) is 48.0 Å². The minimum Gasteiger partial charge on any atom is -0.375 e. The number of amides is 1. The van der Waals surface area contributed by atoms with Gasteiger partial charge >= 0.3 is 0 Å². The van der Waals surface area contributed by atoms with Crippen molar-refractivity contribution in [2.45, 2.75) is 6.04 Å². The zero-order valence-electron chi connectivity index (χ0n) is 10.9. The molecule has 4 heteroatoms. The number of rotatable bonds is 5. The highest BCUT2D eigenvalue weighted by Gasteiger charge is 2.13. The number of hydrogen-bond acceptors (Lipinski definition) is 3. The summed E-state index contributed by atoms with van der Waals surface area (Å²) in [5.74, 6) is -0.161. The lowest BCUT2D eigenvalue weighted by molar-refractivity contribution is -0.125. The molecule has 0 radical (unpaired) electrons. The summed E-state index contributed by atoms with van der Waals surface area (Å²) in [4.78, 5) is 11.6. The number of methoxy groups -OCH3 is 1. The maximum Gasteiger partial charge on any atom is 0.246 e. The SMILES string of the molecule is COCC(=O)NC(CN)c1ccc2ccccc2c1. The number of hydrogen-bond donors (Lipinski definition) is 2. The van der Waals surface area contributed by atoms with Crippen molar-refractivity contribution >= 4 is 16.7 Å². The van der Waals surface area contributed by atoms with E-state index in [0.717, 1.165) is 10.9 Å². The number of carbonyl (C=O) groups excluding carboxylic acids is 1. The smallest absolute Gasteiger partial charge is 0.246 e. The minimum atomic E-state index is -0.188. The zero-order valence-corrected chi connectivity index (χ0v) is 10.9. The number of ether oxygens (including phenoxy) is 1. The molecule has 0 spiro atoms. The van der Waals surface area contributed by atoms with E-state index in [9.17, 15) is 4.79 Å². The van der Waals surface area contributed by atoms with Crippen LogP contribution >= 0.6 is 0 Å². The Morgan fingerprint density at radius 2 is 2.00 bits per heavy atom. The number of benzene rings is 2. The van der Waals surface area contributed by atoms with Crippen LogP contribution < -0.4 is 11.1 Å². The molecule has 0 aliphatic carbocycles. The Morgan fingerprint density at radius 1 is 1.26 bits per heavy atom. The highest BCUT2D eigenvalue weighted by molar-refractivity contribution is 5.83. The third kappa shape index (κ3) is 3.30. The van der Waals surface area contributed by atoms with Gasteiger partial charge in [0.15, 0.2) is 0 Å². The first-order chi connectivity index (χ1) is 9.24. The Labute approximate surface area is 112 Å². The Bertz CT molecular complexity index is 569. The lowest BCUT2D eigenvalue weighted by Gasteiger charge is -2.17. The predicted molar refractivity (Wildman–Crippen MR) is 75.8 cm³/mol. The molecular formula is C15H18N2O2. The number of carbonyl (C=O) groups is 1. The van der Waals surface area contributed by atoms with Gasteiger partial charge in [-0.25, -0.2) is 0 Å². The van der Waals surface area contributed by atoms with Crippen molar-refractivity contribution in [3.8, 4) is 0 Å². The van der Waals surface area contributed by atoms with Gasteiger partial charge in [0.1, 0.15) is 6.61 Å². The number of fused-ring (bicyclic) bond motifs is 1. The molecule has 0 saturated heterocycles. The summed E-state index contributed by atoms with van der Waals surface area (Å²) in [6.07, 6.45) is 0. The molecule has 1 atom stereocenters. The van der Waals surface area contributed by atoms with Gasteiger partial charge in [-0.3, -0.25) is 4.79 Å². The van der Waals surface area contributed by atoms with Gasteiger partial charge in [0.05, 0.1) is 6.04 Å². The molecule has 0 fully saturated rings. The van der Waals surface area contributed by atoms with E-state index in [1.54, 1.807) is 0 Å². The first-order valence-electron chi connectivity index (χ1n) is 6.21. The van der Waals surface area contributed by atoms with E-state index >= 15 is 0 Å². The number of nitrogens with two attached hydrogens (primary N) is 1. The van der Waals surface area contributed by atoms with Crippen LogP contribution in [0.2, 0.25) is 0 Å². The molecule has 0 aliphatic heterocycles. The van der Waals surface area contributed by atoms with Crippen LogP contribution in [-0.4, -0.2) is 26.2 Å². The second-order valence-corrected chi connectivity index (χ2v) is 4.40. The quantitative estimate of drug-likeness (QED) is 0.856. The van der Waals surface area contributed by atoms with E-state index in [1.165, 1.54) is 12.5 Å². The third-order valence-electron chi connectivity index (χ3n) is 3.02. The molecular weight excluding hydrogens is 240 g/mol. The fraction of sp³-hybridized carbons (Fsp3) is 0.267. The summed E-state index contributed by atoms with van der Waals surface area (Å²) in [7, 11) is 1.49. The van der Waals surface area contributed by atoms with Gasteiger partial charge in [-0.1, -0.05) is 36.4 Å². The van der Waals surface area contributed by atoms with Crippen molar-refractivity contribution in [2.75, 3.05) is 20.3 Å². The van der Waals surface area contributed by atoms with E-state index in [2.05, 4.69) is 17.4 Å². The van der Waals surface area contributed by atoms with E-state index in [1.807, 2.05) is 30.3 Å². The molecule has 4 nitrogen and oxygen atoms in total. The summed E-state index contributed by atoms with van der Waals surface area (Å²) in [5.41, 5.74) is 6.74. The van der Waals surface area contributed by atoms with E-state index in [4.69, 9.17) is 10.5 Å². The van der Waals surface area contributed by atoms with Crippen LogP contribution in [0, 0.1) is 0 Å². The Morgan fingerprint density at radius 3 is 2.68 bits per heavy atom. The van der Waals surface area contributed by atoms with Crippen molar-refractivity contribution in [2.24, 2.45) is 5.73 Å². The highest BCUT2D eigenvalue weighted by Crippen LogP contribution is 2.19. The molecule has 3 N–H and O–H groups in total. The average molecular weight is 258 g/mol. The van der Waals surface area contributed by atoms with Crippen LogP contribution in [0.15, 0.2) is 42.5 Å². The summed E-state index contributed by atoms with van der Waals surface area (Å²) in [5, 5.41) is 5.17. The molecule has 2 rings (SSSR count). The zero-order chi connectivity index (χ0) is 13.7. The van der Waals surface area contributed by atoms with Crippen LogP contribution in [0.4, 0.5) is 0 Å². The average Bonchev–Trinajstić information content (AvgIpc) is 2.44. The van der Waals surface area contributed by atoms with Gasteiger partial charge in [0.2, 0.25) is 5.91 Å². The van der Waals surface area contributed by atoms with Gasteiger partial charge in [0.25, 0.3) is 0 Å². The molecule has 0 saturated carbocycles. The topological polar surface area (TPSA) is 64.3 Å². The molecule has 0 aliphatic rings. The van der Waals surface area contributed by atoms with Crippen LogP contribution in [0.1, 0.15) is 11.6 Å². The van der Waals surface area contributed by atoms with Crippen molar-refractivity contribution in [1.82, 2.24) is 5.32 Å². The van der Waals surface area contributed by atoms with Crippen LogP contribution in [-0.2, 0) is 9.53 Å². The highest BCUT2D eigenvalue weighted by atomic mass is 16.5. The first-order valence-corrected chi connectivity index (χ1v) is 6.21. The lowest BCUT2D eigenvalue weighted by Crippen LogP contribution is -2.35. The van der Waals surface area contributed by atoms with E-state index in [0.29, 0.717) is 6.54 Å². The molecule has 1 unspecified atom stereocenters. The molecule has 19 heavy (non-hydrogen) atoms. The maximum absolute atomic E-state index is 11.6. The van der Waals surface area contributed by atoms with E-state index in [-0.39, 0.29) is 18.6 Å². The standard InChI is InChI=1S/C15H18N2O2/c1-19-10-15(18)17-14(9-16)13-7-6-11-4-2-3-5-12(11)8-13/h2-8,14H,9-10,16H2,1H3,(H,17,18). The minimum absolute atomic E-state index is 0.0457. The molecule has 2 aromatic carbocycles. The van der Waals surface area contributed by atoms with Crippen LogP contribution in [0.25, 0.3) is 10.8 Å². The fourth-order valence-corrected chi connectivity index (χ4v) is 2.07. The molecule has 100 valence electrons. The molecule has 0 heterocycles. The molecule has 2 aromatic rings. The summed E-state index contributed by atoms with van der Waals surface area (Å²) in [6, 6.07) is 14.0. The van der Waals surface area contributed by atoms with Crippen LogP contribution in [0.5, 0.6) is 0 Å². The first kappa shape index (κ1) is 13.5. The summed E-state index contributed by atoms with van der Waals surface area (Å²) < 4.78 is 4.80. The summed E-state index contributed by atoms with van der Waals surface area (Å²) in [6.45, 7) is 0.401. The van der Waals surface area contributed by atoms with Crippen molar-refractivity contribution in [3.63, 3.8) is 0 Å². The largest absolute Gasteiger partial charge is 0.375 e. The van der Waals surface area contributed by atoms with Crippen molar-refractivity contribution < 1.29 is 9.53 Å². The van der Waals surface area contributed by atoms with Crippen molar-refractivity contribution in [1.29, 1.82) is 0 Å². The normalized spacial score (nSPS) is 12.3. The predicted octanol–water partition coefficient (Wildman–Crippen LogP) is 1.60. The summed E-state index contributed by atoms with van der Waals surface area (Å²) >= 11 is 0. The molecule has 0 aromatic heterocycles. The Kier molecular flexibility index (Phi) is 4.49. The Balaban J connectivity index is 2.22.